The van der Waals surface area contributed by atoms with E-state index in [-0.39, 0.29) is 5.02 Å². The molecule has 0 spiro atoms. The molecule has 0 aliphatic heterocycles. The number of halogens is 1. The fourth-order valence-electron chi connectivity index (χ4n) is 3.30. The van der Waals surface area contributed by atoms with Crippen molar-refractivity contribution in [2.75, 3.05) is 7.11 Å². The van der Waals surface area contributed by atoms with Crippen LogP contribution in [0.1, 0.15) is 11.1 Å². The maximum absolute atomic E-state index is 13.1. The van der Waals surface area contributed by atoms with Crippen molar-refractivity contribution in [1.29, 1.82) is 0 Å². The Morgan fingerprint density at radius 3 is 2.33 bits per heavy atom. The third kappa shape index (κ3) is 3.38. The fraction of sp³-hybridized carbons (Fsp3) is 0.0833. The number of benzene rings is 3. The molecule has 0 fully saturated rings. The van der Waals surface area contributed by atoms with Crippen LogP contribution < -0.4 is 16.0 Å². The van der Waals surface area contributed by atoms with E-state index in [0.717, 1.165) is 10.1 Å². The van der Waals surface area contributed by atoms with Crippen LogP contribution in [0, 0.1) is 11.8 Å². The second-order valence-corrected chi connectivity index (χ2v) is 7.03. The molecule has 3 aromatic carbocycles. The van der Waals surface area contributed by atoms with Gasteiger partial charge in [-0.15, -0.1) is 0 Å². The zero-order valence-electron chi connectivity index (χ0n) is 16.3. The molecule has 0 atom stereocenters. The fourth-order valence-corrected chi connectivity index (χ4v) is 3.57. The maximum atomic E-state index is 13.1. The summed E-state index contributed by atoms with van der Waals surface area (Å²) in [4.78, 5) is 26.1. The number of methoxy groups -OCH3 is 1. The highest BCUT2D eigenvalue weighted by molar-refractivity contribution is 6.32. The maximum Gasteiger partial charge on any atom is 0.336 e. The molecule has 0 aliphatic rings. The predicted octanol–water partition coefficient (Wildman–Crippen LogP) is 3.75. The van der Waals surface area contributed by atoms with Crippen LogP contribution in [0.2, 0.25) is 5.02 Å². The first-order chi connectivity index (χ1) is 14.5. The number of hydrogen-bond acceptors (Lipinski definition) is 3. The summed E-state index contributed by atoms with van der Waals surface area (Å²) in [6.45, 7) is 0. The van der Waals surface area contributed by atoms with E-state index in [2.05, 4.69) is 11.8 Å². The summed E-state index contributed by atoms with van der Waals surface area (Å²) < 4.78 is 7.77. The second kappa shape index (κ2) is 7.94. The van der Waals surface area contributed by atoms with Crippen LogP contribution in [0.15, 0.2) is 76.3 Å². The average molecular weight is 417 g/mol. The Morgan fingerprint density at radius 2 is 1.63 bits per heavy atom. The van der Waals surface area contributed by atoms with Gasteiger partial charge in [0.25, 0.3) is 5.56 Å². The Bertz CT molecular complexity index is 1440. The number of para-hydroxylation sites is 1. The Morgan fingerprint density at radius 1 is 0.900 bits per heavy atom. The van der Waals surface area contributed by atoms with Crippen molar-refractivity contribution < 1.29 is 4.74 Å². The number of hydrogen-bond donors (Lipinski definition) is 0. The number of rotatable bonds is 2. The van der Waals surface area contributed by atoms with Crippen molar-refractivity contribution in [3.8, 4) is 23.3 Å². The second-order valence-electron chi connectivity index (χ2n) is 6.62. The van der Waals surface area contributed by atoms with Crippen LogP contribution in [0.5, 0.6) is 5.75 Å². The van der Waals surface area contributed by atoms with Gasteiger partial charge in [-0.1, -0.05) is 47.7 Å². The van der Waals surface area contributed by atoms with Crippen molar-refractivity contribution in [3.63, 3.8) is 0 Å². The number of aryl methyl sites for hydroxylation is 1. The van der Waals surface area contributed by atoms with Gasteiger partial charge in [0.2, 0.25) is 0 Å². The van der Waals surface area contributed by atoms with Crippen LogP contribution in [-0.2, 0) is 7.05 Å². The Balaban J connectivity index is 1.87. The van der Waals surface area contributed by atoms with Crippen LogP contribution in [0.3, 0.4) is 0 Å². The summed E-state index contributed by atoms with van der Waals surface area (Å²) in [5.41, 5.74) is 1.33. The molecule has 4 aromatic rings. The lowest BCUT2D eigenvalue weighted by Gasteiger charge is -2.14. The van der Waals surface area contributed by atoms with Gasteiger partial charge in [-0.2, -0.15) is 0 Å². The molecule has 1 aromatic heterocycles. The van der Waals surface area contributed by atoms with E-state index in [9.17, 15) is 9.59 Å². The smallest absolute Gasteiger partial charge is 0.336 e. The van der Waals surface area contributed by atoms with Crippen molar-refractivity contribution in [3.05, 3.63) is 104 Å². The van der Waals surface area contributed by atoms with Crippen molar-refractivity contribution in [1.82, 2.24) is 9.13 Å². The minimum Gasteiger partial charge on any atom is -0.495 e. The molecule has 0 radical (unpaired) electrons. The first-order valence-electron chi connectivity index (χ1n) is 9.17. The SMILES string of the molecule is COc1cccc2c(=O)n(-c3ccc(C#Cc4ccccc4)cc3Cl)c(=O)n(C)c12. The normalized spacial score (nSPS) is 10.5. The van der Waals surface area contributed by atoms with Crippen molar-refractivity contribution >= 4 is 22.5 Å². The highest BCUT2D eigenvalue weighted by Crippen LogP contribution is 2.24. The number of fused-ring (bicyclic) bond motifs is 1. The summed E-state index contributed by atoms with van der Waals surface area (Å²) >= 11 is 6.45. The molecule has 0 N–H and O–H groups in total. The Labute approximate surface area is 177 Å². The first kappa shape index (κ1) is 19.6. The third-order valence-electron chi connectivity index (χ3n) is 4.78. The van der Waals surface area contributed by atoms with Gasteiger partial charge in [0.05, 0.1) is 23.2 Å². The highest BCUT2D eigenvalue weighted by atomic mass is 35.5. The standard InChI is InChI=1S/C24H17ClN2O3/c1-26-22-18(9-6-10-21(22)30-2)23(28)27(24(26)29)20-14-13-17(15-19(20)25)12-11-16-7-4-3-5-8-16/h3-10,13-15H,1-2H3. The zero-order valence-corrected chi connectivity index (χ0v) is 17.1. The van der Waals surface area contributed by atoms with Crippen LogP contribution in [-0.4, -0.2) is 16.2 Å². The minimum atomic E-state index is -0.512. The van der Waals surface area contributed by atoms with E-state index in [1.807, 2.05) is 30.3 Å². The minimum absolute atomic E-state index is 0.260. The molecule has 1 heterocycles. The molecule has 5 nitrogen and oxygen atoms in total. The summed E-state index contributed by atoms with van der Waals surface area (Å²) in [7, 11) is 3.09. The molecule has 0 aliphatic carbocycles. The lowest BCUT2D eigenvalue weighted by Crippen LogP contribution is -2.38. The van der Waals surface area contributed by atoms with Crippen LogP contribution in [0.25, 0.3) is 16.6 Å². The van der Waals surface area contributed by atoms with Gasteiger partial charge in [-0.3, -0.25) is 9.36 Å². The van der Waals surface area contributed by atoms with Gasteiger partial charge in [-0.05, 0) is 42.5 Å². The Hall–Kier alpha value is -3.75. The summed E-state index contributed by atoms with van der Waals surface area (Å²) in [5, 5.41) is 0.622. The molecule has 0 saturated carbocycles. The molecular formula is C24H17ClN2O3. The average Bonchev–Trinajstić information content (AvgIpc) is 2.77. The van der Waals surface area contributed by atoms with Crippen molar-refractivity contribution in [2.45, 2.75) is 0 Å². The highest BCUT2D eigenvalue weighted by Gasteiger charge is 2.17. The molecule has 4 rings (SSSR count). The third-order valence-corrected chi connectivity index (χ3v) is 5.08. The van der Waals surface area contributed by atoms with Crippen LogP contribution >= 0.6 is 11.6 Å². The molecule has 30 heavy (non-hydrogen) atoms. The molecule has 0 unspecified atom stereocenters. The molecule has 6 heteroatoms. The van der Waals surface area contributed by atoms with Gasteiger partial charge in [0.1, 0.15) is 11.3 Å². The number of aromatic nitrogens is 2. The van der Waals surface area contributed by atoms with Gasteiger partial charge in [-0.25, -0.2) is 9.36 Å². The van der Waals surface area contributed by atoms with Gasteiger partial charge >= 0.3 is 5.69 Å². The zero-order chi connectivity index (χ0) is 21.3. The van der Waals surface area contributed by atoms with E-state index in [1.54, 1.807) is 43.4 Å². The molecule has 0 amide bonds. The topological polar surface area (TPSA) is 53.2 Å². The van der Waals surface area contributed by atoms with Gasteiger partial charge in [0, 0.05) is 18.2 Å². The summed E-state index contributed by atoms with van der Waals surface area (Å²) in [6.07, 6.45) is 0. The van der Waals surface area contributed by atoms with E-state index >= 15 is 0 Å². The van der Waals surface area contributed by atoms with Crippen LogP contribution in [0.4, 0.5) is 0 Å². The molecule has 0 saturated heterocycles. The monoisotopic (exact) mass is 416 g/mol. The predicted molar refractivity (Wildman–Crippen MR) is 119 cm³/mol. The summed E-state index contributed by atoms with van der Waals surface area (Å²) in [5.74, 6) is 6.56. The van der Waals surface area contributed by atoms with E-state index in [0.29, 0.717) is 27.9 Å². The van der Waals surface area contributed by atoms with E-state index < -0.39 is 11.2 Å². The van der Waals surface area contributed by atoms with Gasteiger partial charge in [0.15, 0.2) is 0 Å². The largest absolute Gasteiger partial charge is 0.495 e. The lowest BCUT2D eigenvalue weighted by atomic mass is 10.1. The van der Waals surface area contributed by atoms with Gasteiger partial charge < -0.3 is 4.74 Å². The first-order valence-corrected chi connectivity index (χ1v) is 9.55. The quantitative estimate of drug-likeness (QED) is 0.468. The van der Waals surface area contributed by atoms with E-state index in [4.69, 9.17) is 16.3 Å². The molecule has 148 valence electrons. The van der Waals surface area contributed by atoms with E-state index in [1.165, 1.54) is 11.7 Å². The Kier molecular flexibility index (Phi) is 5.18. The number of ether oxygens (including phenoxy) is 1. The van der Waals surface area contributed by atoms with Crippen molar-refractivity contribution in [2.24, 2.45) is 7.05 Å². The number of nitrogens with zero attached hydrogens (tertiary/aromatic N) is 2. The molecular weight excluding hydrogens is 400 g/mol. The molecule has 0 bridgehead atoms. The lowest BCUT2D eigenvalue weighted by molar-refractivity contribution is 0.417. The summed E-state index contributed by atoms with van der Waals surface area (Å²) in [6, 6.07) is 19.7.